The second-order valence-electron chi connectivity index (χ2n) is 4.17. The van der Waals surface area contributed by atoms with Crippen LogP contribution >= 0.6 is 24.0 Å². The van der Waals surface area contributed by atoms with Crippen LogP contribution < -0.4 is 15.4 Å². The molecule has 0 amide bonds. The van der Waals surface area contributed by atoms with Crippen LogP contribution in [0.2, 0.25) is 0 Å². The monoisotopic (exact) mass is 392 g/mol. The summed E-state index contributed by atoms with van der Waals surface area (Å²) in [6.45, 7) is 4.45. The summed E-state index contributed by atoms with van der Waals surface area (Å²) >= 11 is 0. The highest BCUT2D eigenvalue weighted by Crippen LogP contribution is 2.04. The molecule has 1 heterocycles. The summed E-state index contributed by atoms with van der Waals surface area (Å²) in [5.74, 6) is 1.61. The summed E-state index contributed by atoms with van der Waals surface area (Å²) in [4.78, 5) is 8.15. The molecule has 0 aliphatic carbocycles. The Morgan fingerprint density at radius 2 is 2.10 bits per heavy atom. The predicted molar refractivity (Wildman–Crippen MR) is 94.0 cm³/mol. The quantitative estimate of drug-likeness (QED) is 0.309. The van der Waals surface area contributed by atoms with Crippen molar-refractivity contribution in [2.75, 3.05) is 26.7 Å². The van der Waals surface area contributed by atoms with Gasteiger partial charge in [0.2, 0.25) is 0 Å². The molecule has 0 radical (unpaired) electrons. The zero-order valence-corrected chi connectivity index (χ0v) is 14.6. The van der Waals surface area contributed by atoms with Crippen LogP contribution in [-0.4, -0.2) is 37.7 Å². The summed E-state index contributed by atoms with van der Waals surface area (Å²) in [6, 6.07) is 3.75. The molecule has 0 aromatic carbocycles. The van der Waals surface area contributed by atoms with Crippen molar-refractivity contribution in [3.8, 4) is 5.75 Å². The number of hydrogen-bond donors (Lipinski definition) is 2. The van der Waals surface area contributed by atoms with Gasteiger partial charge in [0.05, 0.1) is 12.7 Å². The third-order valence-corrected chi connectivity index (χ3v) is 2.59. The van der Waals surface area contributed by atoms with Gasteiger partial charge >= 0.3 is 0 Å². The minimum atomic E-state index is 0. The SMILES string of the molecule is CCCCCNC(=NC)NCCOc1cccnc1.I. The van der Waals surface area contributed by atoms with E-state index in [1.807, 2.05) is 12.1 Å². The normalized spacial score (nSPS) is 10.6. The minimum absolute atomic E-state index is 0. The average molecular weight is 392 g/mol. The van der Waals surface area contributed by atoms with Crippen LogP contribution in [0, 0.1) is 0 Å². The number of halogens is 1. The first kappa shape index (κ1) is 18.9. The van der Waals surface area contributed by atoms with E-state index >= 15 is 0 Å². The summed E-state index contributed by atoms with van der Waals surface area (Å²) in [7, 11) is 1.77. The number of unbranched alkanes of at least 4 members (excludes halogenated alkanes) is 2. The fraction of sp³-hybridized carbons (Fsp3) is 0.571. The van der Waals surface area contributed by atoms with Crippen LogP contribution in [0.25, 0.3) is 0 Å². The molecule has 0 aliphatic heterocycles. The van der Waals surface area contributed by atoms with Gasteiger partial charge < -0.3 is 15.4 Å². The van der Waals surface area contributed by atoms with E-state index in [0.29, 0.717) is 13.2 Å². The lowest BCUT2D eigenvalue weighted by atomic mass is 10.2. The number of hydrogen-bond acceptors (Lipinski definition) is 3. The zero-order chi connectivity index (χ0) is 13.8. The third-order valence-electron chi connectivity index (χ3n) is 2.59. The second kappa shape index (κ2) is 13.0. The van der Waals surface area contributed by atoms with Crippen molar-refractivity contribution >= 4 is 29.9 Å². The Morgan fingerprint density at radius 3 is 2.75 bits per heavy atom. The molecule has 114 valence electrons. The number of guanidine groups is 1. The summed E-state index contributed by atoms with van der Waals surface area (Å²) < 4.78 is 5.54. The van der Waals surface area contributed by atoms with E-state index in [4.69, 9.17) is 4.74 Å². The Morgan fingerprint density at radius 1 is 1.30 bits per heavy atom. The molecule has 0 spiro atoms. The maximum Gasteiger partial charge on any atom is 0.191 e. The molecule has 0 aliphatic rings. The van der Waals surface area contributed by atoms with Crippen molar-refractivity contribution in [1.29, 1.82) is 0 Å². The summed E-state index contributed by atoms with van der Waals surface area (Å²) in [5.41, 5.74) is 0. The first-order valence-corrected chi connectivity index (χ1v) is 6.84. The van der Waals surface area contributed by atoms with Crippen LogP contribution in [-0.2, 0) is 0 Å². The Bertz CT molecular complexity index is 359. The highest BCUT2D eigenvalue weighted by molar-refractivity contribution is 14.0. The number of nitrogens with zero attached hydrogens (tertiary/aromatic N) is 2. The van der Waals surface area contributed by atoms with Crippen molar-refractivity contribution in [3.63, 3.8) is 0 Å². The smallest absolute Gasteiger partial charge is 0.191 e. The highest BCUT2D eigenvalue weighted by Gasteiger charge is 1.97. The van der Waals surface area contributed by atoms with Crippen LogP contribution in [0.4, 0.5) is 0 Å². The van der Waals surface area contributed by atoms with E-state index in [1.165, 1.54) is 19.3 Å². The lowest BCUT2D eigenvalue weighted by Crippen LogP contribution is -2.39. The van der Waals surface area contributed by atoms with Gasteiger partial charge in [-0.3, -0.25) is 9.98 Å². The molecule has 0 unspecified atom stereocenters. The molecule has 1 rings (SSSR count). The van der Waals surface area contributed by atoms with Gasteiger partial charge in [-0.1, -0.05) is 19.8 Å². The second-order valence-corrected chi connectivity index (χ2v) is 4.17. The number of nitrogens with one attached hydrogen (secondary N) is 2. The molecule has 0 bridgehead atoms. The maximum atomic E-state index is 5.54. The molecular formula is C14H25IN4O. The fourth-order valence-electron chi connectivity index (χ4n) is 1.57. The van der Waals surface area contributed by atoms with E-state index in [9.17, 15) is 0 Å². The van der Waals surface area contributed by atoms with Gasteiger partial charge in [0, 0.05) is 19.8 Å². The molecule has 0 saturated carbocycles. The standard InChI is InChI=1S/C14H24N4O.HI/c1-3-4-5-9-17-14(15-2)18-10-11-19-13-7-6-8-16-12-13;/h6-8,12H,3-5,9-11H2,1-2H3,(H2,15,17,18);1H. The van der Waals surface area contributed by atoms with Gasteiger partial charge in [-0.05, 0) is 18.6 Å². The Labute approximate surface area is 138 Å². The van der Waals surface area contributed by atoms with E-state index in [-0.39, 0.29) is 24.0 Å². The topological polar surface area (TPSA) is 58.5 Å². The van der Waals surface area contributed by atoms with Gasteiger partial charge in [-0.2, -0.15) is 0 Å². The van der Waals surface area contributed by atoms with Gasteiger partial charge in [0.15, 0.2) is 5.96 Å². The third kappa shape index (κ3) is 8.95. The Kier molecular flexibility index (Phi) is 12.3. The van der Waals surface area contributed by atoms with E-state index in [2.05, 4.69) is 27.5 Å². The van der Waals surface area contributed by atoms with Gasteiger partial charge in [-0.15, -0.1) is 24.0 Å². The highest BCUT2D eigenvalue weighted by atomic mass is 127. The van der Waals surface area contributed by atoms with E-state index in [1.54, 1.807) is 19.4 Å². The predicted octanol–water partition coefficient (Wildman–Crippen LogP) is 2.43. The molecule has 6 heteroatoms. The van der Waals surface area contributed by atoms with E-state index < -0.39 is 0 Å². The number of aliphatic imine (C=N–C) groups is 1. The minimum Gasteiger partial charge on any atom is -0.490 e. The van der Waals surface area contributed by atoms with Crippen molar-refractivity contribution in [2.45, 2.75) is 26.2 Å². The summed E-state index contributed by atoms with van der Waals surface area (Å²) in [6.07, 6.45) is 7.08. The molecule has 0 atom stereocenters. The largest absolute Gasteiger partial charge is 0.490 e. The van der Waals surface area contributed by atoms with Crippen LogP contribution in [0.5, 0.6) is 5.75 Å². The number of ether oxygens (including phenoxy) is 1. The van der Waals surface area contributed by atoms with Gasteiger partial charge in [0.1, 0.15) is 12.4 Å². The van der Waals surface area contributed by atoms with Gasteiger partial charge in [0.25, 0.3) is 0 Å². The molecule has 1 aromatic heterocycles. The Balaban J connectivity index is 0.00000361. The fourth-order valence-corrected chi connectivity index (χ4v) is 1.57. The number of rotatable bonds is 8. The van der Waals surface area contributed by atoms with Crippen molar-refractivity contribution < 1.29 is 4.74 Å². The van der Waals surface area contributed by atoms with Crippen molar-refractivity contribution in [3.05, 3.63) is 24.5 Å². The van der Waals surface area contributed by atoms with Crippen molar-refractivity contribution in [1.82, 2.24) is 15.6 Å². The first-order chi connectivity index (χ1) is 9.36. The Hall–Kier alpha value is -1.05. The van der Waals surface area contributed by atoms with E-state index in [0.717, 1.165) is 18.3 Å². The van der Waals surface area contributed by atoms with Crippen LogP contribution in [0.15, 0.2) is 29.5 Å². The molecule has 1 aromatic rings. The molecule has 5 nitrogen and oxygen atoms in total. The number of pyridine rings is 1. The van der Waals surface area contributed by atoms with Crippen molar-refractivity contribution in [2.24, 2.45) is 4.99 Å². The molecule has 0 fully saturated rings. The van der Waals surface area contributed by atoms with Gasteiger partial charge in [-0.25, -0.2) is 0 Å². The summed E-state index contributed by atoms with van der Waals surface area (Å²) in [5, 5.41) is 6.48. The molecule has 2 N–H and O–H groups in total. The average Bonchev–Trinajstić information content (AvgIpc) is 2.46. The lowest BCUT2D eigenvalue weighted by Gasteiger charge is -2.12. The van der Waals surface area contributed by atoms with Crippen LogP contribution in [0.1, 0.15) is 26.2 Å². The lowest BCUT2D eigenvalue weighted by molar-refractivity contribution is 0.320. The maximum absolute atomic E-state index is 5.54. The number of aromatic nitrogens is 1. The van der Waals surface area contributed by atoms with Crippen LogP contribution in [0.3, 0.4) is 0 Å². The first-order valence-electron chi connectivity index (χ1n) is 6.84. The molecule has 20 heavy (non-hydrogen) atoms. The zero-order valence-electron chi connectivity index (χ0n) is 12.3. The molecular weight excluding hydrogens is 367 g/mol. The molecule has 0 saturated heterocycles.